The van der Waals surface area contributed by atoms with E-state index in [1.165, 1.54) is 24.0 Å². The van der Waals surface area contributed by atoms with Crippen LogP contribution in [0.5, 0.6) is 0 Å². The van der Waals surface area contributed by atoms with Crippen molar-refractivity contribution in [3.63, 3.8) is 0 Å². The summed E-state index contributed by atoms with van der Waals surface area (Å²) < 4.78 is 30.0. The second-order valence-electron chi connectivity index (χ2n) is 6.50. The molecular weight excluding hydrogens is 378 g/mol. The van der Waals surface area contributed by atoms with Gasteiger partial charge in [0.15, 0.2) is 0 Å². The summed E-state index contributed by atoms with van der Waals surface area (Å²) in [5, 5.41) is 0. The average molecular weight is 410 g/mol. The first-order valence-corrected chi connectivity index (χ1v) is 11.6. The number of phosphoric ester groups is 1. The van der Waals surface area contributed by atoms with Crippen LogP contribution in [-0.4, -0.2) is 21.3 Å². The highest BCUT2D eigenvalue weighted by Gasteiger charge is 2.31. The Kier molecular flexibility index (Phi) is 12.5. The van der Waals surface area contributed by atoms with E-state index in [2.05, 4.69) is 41.8 Å². The third-order valence-corrected chi connectivity index (χ3v) is 5.64. The topological polar surface area (TPSA) is 113 Å². The van der Waals surface area contributed by atoms with Crippen LogP contribution in [0.15, 0.2) is 34.9 Å². The van der Waals surface area contributed by atoms with E-state index >= 15 is 0 Å². The zero-order valence-corrected chi connectivity index (χ0v) is 17.8. The Balaban J connectivity index is 4.07. The van der Waals surface area contributed by atoms with Crippen molar-refractivity contribution in [2.45, 2.75) is 66.2 Å². The van der Waals surface area contributed by atoms with E-state index in [0.717, 1.165) is 31.3 Å². The SMILES string of the molecule is CC(C)=CCCCC/C(C)=C/CC/C(C)=C/COP(=O)(O)OP(=O)(O)O. The summed E-state index contributed by atoms with van der Waals surface area (Å²) in [7, 11) is -9.83. The van der Waals surface area contributed by atoms with Crippen LogP contribution >= 0.6 is 15.6 Å². The van der Waals surface area contributed by atoms with E-state index in [9.17, 15) is 9.13 Å². The molecule has 1 atom stereocenters. The third kappa shape index (κ3) is 16.9. The molecule has 0 aromatic carbocycles. The molecule has 0 saturated heterocycles. The number of phosphoric acid groups is 2. The van der Waals surface area contributed by atoms with Gasteiger partial charge in [0.25, 0.3) is 0 Å². The lowest BCUT2D eigenvalue weighted by Gasteiger charge is -2.11. The van der Waals surface area contributed by atoms with E-state index in [4.69, 9.17) is 14.7 Å². The van der Waals surface area contributed by atoms with Crippen LogP contribution in [0, 0.1) is 0 Å². The maximum Gasteiger partial charge on any atom is 0.481 e. The molecule has 9 heteroatoms. The first-order chi connectivity index (χ1) is 11.9. The minimum atomic E-state index is -5.07. The van der Waals surface area contributed by atoms with Gasteiger partial charge in [-0.1, -0.05) is 34.9 Å². The molecule has 0 aliphatic heterocycles. The standard InChI is InChI=1S/C17H32O7P2/c1-15(2)9-6-5-7-10-16(3)11-8-12-17(4)13-14-23-26(21,22)24-25(18,19)20/h9,11,13H,5-8,10,12,14H2,1-4H3,(H,21,22)(H2,18,19,20)/b16-11+,17-13+. The lowest BCUT2D eigenvalue weighted by molar-refractivity contribution is 0.191. The van der Waals surface area contributed by atoms with Gasteiger partial charge in [0.2, 0.25) is 0 Å². The molecule has 0 radical (unpaired) electrons. The van der Waals surface area contributed by atoms with Crippen LogP contribution in [0.25, 0.3) is 0 Å². The Hall–Kier alpha value is -0.520. The normalized spacial score (nSPS) is 15.7. The summed E-state index contributed by atoms with van der Waals surface area (Å²) in [5.74, 6) is 0. The zero-order chi connectivity index (χ0) is 20.2. The van der Waals surface area contributed by atoms with Crippen LogP contribution in [0.1, 0.15) is 66.2 Å². The summed E-state index contributed by atoms with van der Waals surface area (Å²) in [6.07, 6.45) is 12.2. The summed E-state index contributed by atoms with van der Waals surface area (Å²) in [5.41, 5.74) is 3.66. The molecule has 0 amide bonds. The smallest absolute Gasteiger partial charge is 0.302 e. The third-order valence-electron chi connectivity index (χ3n) is 3.49. The van der Waals surface area contributed by atoms with E-state index in [0.29, 0.717) is 0 Å². The van der Waals surface area contributed by atoms with Gasteiger partial charge in [0, 0.05) is 0 Å². The van der Waals surface area contributed by atoms with E-state index in [1.54, 1.807) is 6.08 Å². The molecule has 0 rings (SSSR count). The van der Waals surface area contributed by atoms with Crippen LogP contribution in [-0.2, 0) is 18.0 Å². The van der Waals surface area contributed by atoms with Crippen molar-refractivity contribution < 1.29 is 32.6 Å². The Labute approximate surface area is 156 Å². The van der Waals surface area contributed by atoms with Gasteiger partial charge in [-0.2, -0.15) is 4.31 Å². The van der Waals surface area contributed by atoms with Crippen molar-refractivity contribution in [2.24, 2.45) is 0 Å². The summed E-state index contributed by atoms with van der Waals surface area (Å²) in [6.45, 7) is 7.93. The predicted octanol–water partition coefficient (Wildman–Crippen LogP) is 5.41. The summed E-state index contributed by atoms with van der Waals surface area (Å²) >= 11 is 0. The van der Waals surface area contributed by atoms with Crippen LogP contribution in [0.2, 0.25) is 0 Å². The zero-order valence-electron chi connectivity index (χ0n) is 16.1. The van der Waals surface area contributed by atoms with Crippen LogP contribution < -0.4 is 0 Å². The quantitative estimate of drug-likeness (QED) is 0.211. The highest BCUT2D eigenvalue weighted by Crippen LogP contribution is 2.57. The number of hydrogen-bond donors (Lipinski definition) is 3. The highest BCUT2D eigenvalue weighted by molar-refractivity contribution is 7.60. The monoisotopic (exact) mass is 410 g/mol. The molecule has 0 aliphatic rings. The van der Waals surface area contributed by atoms with Gasteiger partial charge in [0.1, 0.15) is 0 Å². The molecule has 0 aromatic heterocycles. The van der Waals surface area contributed by atoms with Crippen molar-refractivity contribution in [2.75, 3.05) is 6.61 Å². The molecular formula is C17H32O7P2. The van der Waals surface area contributed by atoms with E-state index in [-0.39, 0.29) is 6.61 Å². The molecule has 0 bridgehead atoms. The first-order valence-electron chi connectivity index (χ1n) is 8.60. The molecule has 0 spiro atoms. The second-order valence-corrected chi connectivity index (χ2v) is 9.33. The molecule has 7 nitrogen and oxygen atoms in total. The Morgan fingerprint density at radius 2 is 1.46 bits per heavy atom. The second kappa shape index (κ2) is 12.8. The van der Waals surface area contributed by atoms with Crippen molar-refractivity contribution in [1.82, 2.24) is 0 Å². The Morgan fingerprint density at radius 1 is 0.846 bits per heavy atom. The number of allylic oxidation sites excluding steroid dienone is 5. The highest BCUT2D eigenvalue weighted by atomic mass is 31.3. The Bertz CT molecular complexity index is 598. The molecule has 152 valence electrons. The fourth-order valence-electron chi connectivity index (χ4n) is 2.12. The Morgan fingerprint density at radius 3 is 2.04 bits per heavy atom. The van der Waals surface area contributed by atoms with Crippen LogP contribution in [0.3, 0.4) is 0 Å². The predicted molar refractivity (Wildman–Crippen MR) is 104 cm³/mol. The van der Waals surface area contributed by atoms with Gasteiger partial charge in [-0.3, -0.25) is 4.52 Å². The van der Waals surface area contributed by atoms with E-state index < -0.39 is 15.6 Å². The molecule has 26 heavy (non-hydrogen) atoms. The maximum atomic E-state index is 11.3. The molecule has 1 unspecified atom stereocenters. The lowest BCUT2D eigenvalue weighted by Crippen LogP contribution is -1.94. The van der Waals surface area contributed by atoms with Gasteiger partial charge < -0.3 is 14.7 Å². The first kappa shape index (κ1) is 25.5. The van der Waals surface area contributed by atoms with Crippen molar-refractivity contribution in [1.29, 1.82) is 0 Å². The minimum Gasteiger partial charge on any atom is -0.302 e. The largest absolute Gasteiger partial charge is 0.481 e. The summed E-state index contributed by atoms with van der Waals surface area (Å²) in [6, 6.07) is 0. The number of hydrogen-bond acceptors (Lipinski definition) is 4. The number of unbranched alkanes of at least 4 members (excludes halogenated alkanes) is 2. The maximum absolute atomic E-state index is 11.3. The van der Waals surface area contributed by atoms with Crippen molar-refractivity contribution in [3.8, 4) is 0 Å². The molecule has 0 fully saturated rings. The molecule has 3 N–H and O–H groups in total. The van der Waals surface area contributed by atoms with Crippen molar-refractivity contribution in [3.05, 3.63) is 34.9 Å². The van der Waals surface area contributed by atoms with Gasteiger partial charge in [-0.05, 0) is 66.2 Å². The number of rotatable bonds is 13. The van der Waals surface area contributed by atoms with E-state index in [1.807, 2.05) is 6.92 Å². The summed E-state index contributed by atoms with van der Waals surface area (Å²) in [4.78, 5) is 26.1. The van der Waals surface area contributed by atoms with Gasteiger partial charge in [-0.15, -0.1) is 0 Å². The molecule has 0 saturated carbocycles. The minimum absolute atomic E-state index is 0.257. The van der Waals surface area contributed by atoms with Crippen molar-refractivity contribution >= 4 is 15.6 Å². The van der Waals surface area contributed by atoms with Gasteiger partial charge in [-0.25, -0.2) is 9.13 Å². The van der Waals surface area contributed by atoms with Crippen LogP contribution in [0.4, 0.5) is 0 Å². The van der Waals surface area contributed by atoms with Gasteiger partial charge >= 0.3 is 15.6 Å². The molecule has 0 heterocycles. The lowest BCUT2D eigenvalue weighted by atomic mass is 10.0. The van der Waals surface area contributed by atoms with Gasteiger partial charge in [0.05, 0.1) is 6.61 Å². The average Bonchev–Trinajstić information content (AvgIpc) is 2.43. The molecule has 0 aromatic rings. The molecule has 0 aliphatic carbocycles. The fraction of sp³-hybridized carbons (Fsp3) is 0.647. The fourth-order valence-corrected chi connectivity index (χ4v) is 3.65.